The molecule has 3 rings (SSSR count). The van der Waals surface area contributed by atoms with Gasteiger partial charge in [0.2, 0.25) is 5.91 Å². The molecular weight excluding hydrogens is 356 g/mol. The van der Waals surface area contributed by atoms with E-state index in [0.717, 1.165) is 6.42 Å². The molecule has 0 spiro atoms. The third-order valence-corrected chi connectivity index (χ3v) is 4.61. The summed E-state index contributed by atoms with van der Waals surface area (Å²) in [5.74, 6) is -0.291. The lowest BCUT2D eigenvalue weighted by Gasteiger charge is -2.27. The molecule has 2 aliphatic rings. The molecular formula is C16H24N6O5. The van der Waals surface area contributed by atoms with Crippen LogP contribution in [0.25, 0.3) is 0 Å². The summed E-state index contributed by atoms with van der Waals surface area (Å²) in [6.45, 7) is 5.13. The second-order valence-corrected chi connectivity index (χ2v) is 6.57. The highest BCUT2D eigenvalue weighted by Crippen LogP contribution is 2.34. The van der Waals surface area contributed by atoms with Crippen molar-refractivity contribution in [2.75, 3.05) is 11.9 Å². The van der Waals surface area contributed by atoms with Crippen molar-refractivity contribution in [3.8, 4) is 0 Å². The number of nitrogens with zero attached hydrogens (tertiary/aromatic N) is 2. The third kappa shape index (κ3) is 3.54. The van der Waals surface area contributed by atoms with Crippen LogP contribution in [0.2, 0.25) is 0 Å². The lowest BCUT2D eigenvalue weighted by Crippen LogP contribution is -2.51. The van der Waals surface area contributed by atoms with Gasteiger partial charge in [-0.15, -0.1) is 0 Å². The van der Waals surface area contributed by atoms with Crippen LogP contribution in [0.3, 0.4) is 0 Å². The molecule has 11 heteroatoms. The molecule has 1 fully saturated rings. The average molecular weight is 380 g/mol. The summed E-state index contributed by atoms with van der Waals surface area (Å²) in [5, 5.41) is 28.1. The fraction of sp³-hybridized carbons (Fsp3) is 0.562. The molecule has 0 bridgehead atoms. The molecule has 148 valence electrons. The maximum Gasteiger partial charge on any atom is 0.279 e. The van der Waals surface area contributed by atoms with E-state index in [2.05, 4.69) is 27.5 Å². The Bertz CT molecular complexity index is 750. The van der Waals surface area contributed by atoms with Gasteiger partial charge in [-0.25, -0.2) is 4.98 Å². The number of aliphatic hydroxyl groups excluding tert-OH is 2. The fourth-order valence-electron chi connectivity index (χ4n) is 3.22. The first-order chi connectivity index (χ1) is 12.9. The van der Waals surface area contributed by atoms with Crippen LogP contribution in [0.1, 0.15) is 36.5 Å². The summed E-state index contributed by atoms with van der Waals surface area (Å²) < 4.78 is 7.20. The first kappa shape index (κ1) is 19.3. The van der Waals surface area contributed by atoms with Crippen molar-refractivity contribution in [1.29, 1.82) is 0 Å². The van der Waals surface area contributed by atoms with Gasteiger partial charge in [0.05, 0.1) is 19.0 Å². The summed E-state index contributed by atoms with van der Waals surface area (Å²) >= 11 is 0. The van der Waals surface area contributed by atoms with Crippen molar-refractivity contribution in [2.45, 2.75) is 50.3 Å². The highest BCUT2D eigenvalue weighted by molar-refractivity contribution is 6.00. The van der Waals surface area contributed by atoms with E-state index < -0.39 is 48.9 Å². The topological polar surface area (TPSA) is 164 Å². The number of hydrogen-bond acceptors (Lipinski definition) is 8. The molecule has 2 amide bonds. The Kier molecular flexibility index (Phi) is 5.46. The SMILES string of the molecule is C=C1NC(=O)c2ncn([C@@H]3O[C@H](CO)[C@H](O)C3NC(=O)C(N)CCC)c2N1. The molecule has 11 nitrogen and oxygen atoms in total. The lowest BCUT2D eigenvalue weighted by atomic mass is 10.1. The van der Waals surface area contributed by atoms with Crippen molar-refractivity contribution < 1.29 is 24.5 Å². The van der Waals surface area contributed by atoms with Gasteiger partial charge in [-0.05, 0) is 6.42 Å². The molecule has 2 unspecified atom stereocenters. The Morgan fingerprint density at radius 1 is 1.56 bits per heavy atom. The molecule has 0 aromatic carbocycles. The van der Waals surface area contributed by atoms with Crippen LogP contribution in [0.5, 0.6) is 0 Å². The molecule has 0 radical (unpaired) electrons. The second kappa shape index (κ2) is 7.64. The zero-order valence-corrected chi connectivity index (χ0v) is 14.9. The zero-order valence-electron chi connectivity index (χ0n) is 14.9. The second-order valence-electron chi connectivity index (χ2n) is 6.57. The number of carbonyl (C=O) groups excluding carboxylic acids is 2. The predicted molar refractivity (Wildman–Crippen MR) is 94.3 cm³/mol. The van der Waals surface area contributed by atoms with Crippen LogP contribution in [-0.2, 0) is 9.53 Å². The molecule has 1 aromatic heterocycles. The molecule has 1 aromatic rings. The zero-order chi connectivity index (χ0) is 19.7. The van der Waals surface area contributed by atoms with Crippen molar-refractivity contribution >= 4 is 17.6 Å². The number of aromatic nitrogens is 2. The average Bonchev–Trinajstić information content (AvgIpc) is 3.17. The van der Waals surface area contributed by atoms with Gasteiger partial charge in [0, 0.05) is 0 Å². The van der Waals surface area contributed by atoms with Gasteiger partial charge in [0.25, 0.3) is 5.91 Å². The molecule has 27 heavy (non-hydrogen) atoms. The summed E-state index contributed by atoms with van der Waals surface area (Å²) in [7, 11) is 0. The van der Waals surface area contributed by atoms with Crippen molar-refractivity contribution in [3.05, 3.63) is 24.4 Å². The molecule has 7 N–H and O–H groups in total. The Balaban J connectivity index is 1.90. The standard InChI is InChI=1S/C16H24N6O5/c1-3-4-8(17)14(25)21-10-12(24)9(5-23)27-16(10)22-6-18-11-13(22)19-7(2)20-15(11)26/h6,8-10,12,16,19,23-24H,2-5,17H2,1H3,(H,20,26)(H,21,25)/t8?,9-,10?,12+,16-/m1/s1. The van der Waals surface area contributed by atoms with Crippen LogP contribution in [0, 0.1) is 0 Å². The van der Waals surface area contributed by atoms with Crippen LogP contribution in [0.4, 0.5) is 5.82 Å². The monoisotopic (exact) mass is 380 g/mol. The minimum Gasteiger partial charge on any atom is -0.394 e. The first-order valence-corrected chi connectivity index (χ1v) is 8.71. The van der Waals surface area contributed by atoms with Gasteiger partial charge in [0.15, 0.2) is 11.9 Å². The maximum absolute atomic E-state index is 12.4. The number of nitrogens with one attached hydrogen (secondary N) is 3. The summed E-state index contributed by atoms with van der Waals surface area (Å²) in [6.07, 6.45) is -0.406. The molecule has 2 aliphatic heterocycles. The number of ether oxygens (including phenoxy) is 1. The van der Waals surface area contributed by atoms with Crippen LogP contribution in [0.15, 0.2) is 18.7 Å². The highest BCUT2D eigenvalue weighted by atomic mass is 16.5. The Hall–Kier alpha value is -2.47. The molecule has 5 atom stereocenters. The number of nitrogens with two attached hydrogens (primary N) is 1. The summed E-state index contributed by atoms with van der Waals surface area (Å²) in [4.78, 5) is 28.4. The highest BCUT2D eigenvalue weighted by Gasteiger charge is 2.46. The van der Waals surface area contributed by atoms with E-state index >= 15 is 0 Å². The van der Waals surface area contributed by atoms with Crippen LogP contribution < -0.4 is 21.7 Å². The minimum absolute atomic E-state index is 0.126. The van der Waals surface area contributed by atoms with E-state index in [0.29, 0.717) is 12.2 Å². The fourth-order valence-corrected chi connectivity index (χ4v) is 3.22. The Labute approximate surface area is 155 Å². The van der Waals surface area contributed by atoms with E-state index in [-0.39, 0.29) is 11.5 Å². The van der Waals surface area contributed by atoms with Gasteiger partial charge in [0.1, 0.15) is 29.9 Å². The minimum atomic E-state index is -1.17. The van der Waals surface area contributed by atoms with Crippen LogP contribution in [-0.4, -0.2) is 62.5 Å². The quantitative estimate of drug-likeness (QED) is 0.342. The summed E-state index contributed by atoms with van der Waals surface area (Å²) in [6, 6.07) is -1.62. The number of fused-ring (bicyclic) bond motifs is 1. The van der Waals surface area contributed by atoms with E-state index in [1.807, 2.05) is 6.92 Å². The van der Waals surface area contributed by atoms with E-state index in [1.54, 1.807) is 0 Å². The molecule has 3 heterocycles. The van der Waals surface area contributed by atoms with Gasteiger partial charge in [-0.3, -0.25) is 14.2 Å². The number of anilines is 1. The number of aliphatic hydroxyl groups is 2. The summed E-state index contributed by atoms with van der Waals surface area (Å²) in [5.41, 5.74) is 5.98. The molecule has 0 saturated carbocycles. The lowest BCUT2D eigenvalue weighted by molar-refractivity contribution is -0.124. The number of imidazole rings is 1. The normalized spacial score (nSPS) is 28.3. The number of hydrogen-bond donors (Lipinski definition) is 6. The number of rotatable bonds is 6. The largest absolute Gasteiger partial charge is 0.394 e. The van der Waals surface area contributed by atoms with Gasteiger partial charge < -0.3 is 36.6 Å². The van der Waals surface area contributed by atoms with E-state index in [4.69, 9.17) is 10.5 Å². The molecule has 1 saturated heterocycles. The van der Waals surface area contributed by atoms with Crippen LogP contribution >= 0.6 is 0 Å². The van der Waals surface area contributed by atoms with Crippen molar-refractivity contribution in [1.82, 2.24) is 20.2 Å². The Morgan fingerprint density at radius 2 is 2.30 bits per heavy atom. The Morgan fingerprint density at radius 3 is 2.96 bits per heavy atom. The predicted octanol–water partition coefficient (Wildman–Crippen LogP) is -1.63. The molecule has 0 aliphatic carbocycles. The first-order valence-electron chi connectivity index (χ1n) is 8.71. The van der Waals surface area contributed by atoms with Gasteiger partial charge in [-0.2, -0.15) is 0 Å². The van der Waals surface area contributed by atoms with Crippen molar-refractivity contribution in [3.63, 3.8) is 0 Å². The van der Waals surface area contributed by atoms with Gasteiger partial charge in [-0.1, -0.05) is 19.9 Å². The maximum atomic E-state index is 12.4. The number of amides is 2. The van der Waals surface area contributed by atoms with Gasteiger partial charge >= 0.3 is 0 Å². The third-order valence-electron chi connectivity index (χ3n) is 4.61. The number of carbonyl (C=O) groups is 2. The van der Waals surface area contributed by atoms with E-state index in [1.165, 1.54) is 10.9 Å². The smallest absolute Gasteiger partial charge is 0.279 e. The van der Waals surface area contributed by atoms with E-state index in [9.17, 15) is 19.8 Å². The van der Waals surface area contributed by atoms with Crippen molar-refractivity contribution in [2.24, 2.45) is 5.73 Å².